The summed E-state index contributed by atoms with van der Waals surface area (Å²) in [5.74, 6) is 0. The summed E-state index contributed by atoms with van der Waals surface area (Å²) in [4.78, 5) is 0. The zero-order chi connectivity index (χ0) is 9.94. The van der Waals surface area contributed by atoms with Gasteiger partial charge in [-0.15, -0.1) is 0 Å². The van der Waals surface area contributed by atoms with Crippen LogP contribution < -0.4 is 0 Å². The fourth-order valence-corrected chi connectivity index (χ4v) is 1.01. The van der Waals surface area contributed by atoms with Gasteiger partial charge in [-0.05, 0) is 13.3 Å². The number of ether oxygens (including phenoxy) is 2. The van der Waals surface area contributed by atoms with Gasteiger partial charge in [-0.1, -0.05) is 19.8 Å². The van der Waals surface area contributed by atoms with E-state index in [1.807, 2.05) is 6.92 Å². The summed E-state index contributed by atoms with van der Waals surface area (Å²) < 4.78 is 10.6. The van der Waals surface area contributed by atoms with E-state index in [1.54, 1.807) is 0 Å². The molecule has 0 fully saturated rings. The van der Waals surface area contributed by atoms with Crippen molar-refractivity contribution in [1.29, 1.82) is 0 Å². The molecule has 1 unspecified atom stereocenters. The van der Waals surface area contributed by atoms with Gasteiger partial charge in [0.2, 0.25) is 0 Å². The predicted molar refractivity (Wildman–Crippen MR) is 52.8 cm³/mol. The zero-order valence-corrected chi connectivity index (χ0v) is 8.79. The van der Waals surface area contributed by atoms with Crippen LogP contribution in [-0.2, 0) is 9.47 Å². The van der Waals surface area contributed by atoms with Crippen LogP contribution in [0.4, 0.5) is 0 Å². The molecule has 13 heavy (non-hydrogen) atoms. The van der Waals surface area contributed by atoms with Crippen LogP contribution in [0.5, 0.6) is 0 Å². The van der Waals surface area contributed by atoms with Gasteiger partial charge < -0.3 is 14.6 Å². The Kier molecular flexibility index (Phi) is 9.87. The first kappa shape index (κ1) is 12.9. The maximum Gasteiger partial charge on any atom is 0.0781 e. The number of aliphatic hydroxyl groups excluding tert-OH is 1. The van der Waals surface area contributed by atoms with Crippen molar-refractivity contribution in [2.75, 3.05) is 26.4 Å². The van der Waals surface area contributed by atoms with Crippen molar-refractivity contribution in [3.05, 3.63) is 0 Å². The van der Waals surface area contributed by atoms with Crippen molar-refractivity contribution in [2.24, 2.45) is 0 Å². The average molecular weight is 190 g/mol. The van der Waals surface area contributed by atoms with E-state index in [1.165, 1.54) is 12.8 Å². The number of unbranched alkanes of at least 4 members (excludes halogenated alkanes) is 2. The molecule has 0 rings (SSSR count). The Morgan fingerprint density at radius 3 is 2.62 bits per heavy atom. The van der Waals surface area contributed by atoms with Crippen LogP contribution in [0.15, 0.2) is 0 Å². The van der Waals surface area contributed by atoms with Gasteiger partial charge in [0.05, 0.1) is 25.9 Å². The third-order valence-corrected chi connectivity index (χ3v) is 1.74. The van der Waals surface area contributed by atoms with Crippen molar-refractivity contribution < 1.29 is 14.6 Å². The van der Waals surface area contributed by atoms with E-state index in [0.29, 0.717) is 13.2 Å². The van der Waals surface area contributed by atoms with Gasteiger partial charge in [0.25, 0.3) is 0 Å². The summed E-state index contributed by atoms with van der Waals surface area (Å²) in [6.45, 7) is 6.06. The van der Waals surface area contributed by atoms with Crippen LogP contribution in [-0.4, -0.2) is 37.6 Å². The van der Waals surface area contributed by atoms with Gasteiger partial charge in [-0.2, -0.15) is 0 Å². The van der Waals surface area contributed by atoms with Crippen molar-refractivity contribution >= 4 is 0 Å². The van der Waals surface area contributed by atoms with E-state index in [-0.39, 0.29) is 12.7 Å². The van der Waals surface area contributed by atoms with Crippen LogP contribution in [0, 0.1) is 0 Å². The molecule has 1 N–H and O–H groups in total. The van der Waals surface area contributed by atoms with Crippen molar-refractivity contribution in [3.63, 3.8) is 0 Å². The van der Waals surface area contributed by atoms with E-state index >= 15 is 0 Å². The van der Waals surface area contributed by atoms with Gasteiger partial charge in [-0.3, -0.25) is 0 Å². The first-order chi connectivity index (χ1) is 6.31. The Hall–Kier alpha value is -0.120. The summed E-state index contributed by atoms with van der Waals surface area (Å²) in [6, 6.07) is 0. The molecule has 0 saturated carbocycles. The molecule has 0 aliphatic carbocycles. The number of hydrogen-bond acceptors (Lipinski definition) is 3. The molecule has 1 atom stereocenters. The highest BCUT2D eigenvalue weighted by molar-refractivity contribution is 4.47. The molecule has 0 amide bonds. The zero-order valence-electron chi connectivity index (χ0n) is 8.79. The van der Waals surface area contributed by atoms with Crippen LogP contribution in [0.1, 0.15) is 33.1 Å². The lowest BCUT2D eigenvalue weighted by atomic mass is 10.3. The van der Waals surface area contributed by atoms with Crippen LogP contribution in [0.3, 0.4) is 0 Å². The highest BCUT2D eigenvalue weighted by Gasteiger charge is 2.00. The largest absolute Gasteiger partial charge is 0.394 e. The molecule has 0 bridgehead atoms. The van der Waals surface area contributed by atoms with Gasteiger partial charge in [0.1, 0.15) is 0 Å². The molecule has 0 aromatic heterocycles. The maximum absolute atomic E-state index is 8.49. The third kappa shape index (κ3) is 9.80. The van der Waals surface area contributed by atoms with Gasteiger partial charge in [0, 0.05) is 6.61 Å². The number of hydrogen-bond donors (Lipinski definition) is 1. The second-order valence-electron chi connectivity index (χ2n) is 3.19. The van der Waals surface area contributed by atoms with Crippen molar-refractivity contribution in [3.8, 4) is 0 Å². The van der Waals surface area contributed by atoms with Gasteiger partial charge in [-0.25, -0.2) is 0 Å². The van der Waals surface area contributed by atoms with Crippen LogP contribution in [0.2, 0.25) is 0 Å². The Morgan fingerprint density at radius 1 is 1.23 bits per heavy atom. The Labute approximate surface area is 81.0 Å². The Bertz CT molecular complexity index is 96.2. The third-order valence-electron chi connectivity index (χ3n) is 1.74. The summed E-state index contributed by atoms with van der Waals surface area (Å²) in [7, 11) is 0. The smallest absolute Gasteiger partial charge is 0.0781 e. The van der Waals surface area contributed by atoms with E-state index in [9.17, 15) is 0 Å². The fraction of sp³-hybridized carbons (Fsp3) is 1.00. The summed E-state index contributed by atoms with van der Waals surface area (Å²) in [5.41, 5.74) is 0. The average Bonchev–Trinajstić information content (AvgIpc) is 2.14. The van der Waals surface area contributed by atoms with Crippen LogP contribution in [0.25, 0.3) is 0 Å². The Balaban J connectivity index is 3.03. The first-order valence-corrected chi connectivity index (χ1v) is 5.11. The van der Waals surface area contributed by atoms with Crippen molar-refractivity contribution in [1.82, 2.24) is 0 Å². The standard InChI is InChI=1S/C10H22O3/c1-3-4-5-7-12-9-10(2)13-8-6-11/h10-11H,3-9H2,1-2H3. The highest BCUT2D eigenvalue weighted by atomic mass is 16.5. The predicted octanol–water partition coefficient (Wildman–Crippen LogP) is 1.59. The molecule has 0 saturated heterocycles. The van der Waals surface area contributed by atoms with E-state index < -0.39 is 0 Å². The maximum atomic E-state index is 8.49. The molecule has 0 spiro atoms. The minimum absolute atomic E-state index is 0.0835. The molecule has 0 aliphatic heterocycles. The number of aliphatic hydroxyl groups is 1. The number of rotatable bonds is 9. The van der Waals surface area contributed by atoms with E-state index in [2.05, 4.69) is 6.92 Å². The molecule has 0 aliphatic rings. The second kappa shape index (κ2) is 9.96. The molecule has 0 heterocycles. The van der Waals surface area contributed by atoms with Crippen LogP contribution >= 0.6 is 0 Å². The molecular weight excluding hydrogens is 168 g/mol. The minimum atomic E-state index is 0.0835. The SMILES string of the molecule is CCCCCOCC(C)OCCO. The first-order valence-electron chi connectivity index (χ1n) is 5.11. The van der Waals surface area contributed by atoms with Gasteiger partial charge >= 0.3 is 0 Å². The van der Waals surface area contributed by atoms with E-state index in [0.717, 1.165) is 13.0 Å². The molecule has 0 aromatic rings. The summed E-state index contributed by atoms with van der Waals surface area (Å²) in [5, 5.41) is 8.49. The normalized spacial score (nSPS) is 13.2. The fourth-order valence-electron chi connectivity index (χ4n) is 1.01. The van der Waals surface area contributed by atoms with E-state index in [4.69, 9.17) is 14.6 Å². The lowest BCUT2D eigenvalue weighted by Crippen LogP contribution is -2.18. The molecule has 0 aromatic carbocycles. The molecule has 3 heteroatoms. The highest BCUT2D eigenvalue weighted by Crippen LogP contribution is 1.96. The lowest BCUT2D eigenvalue weighted by Gasteiger charge is -2.12. The monoisotopic (exact) mass is 190 g/mol. The Morgan fingerprint density at radius 2 is 2.00 bits per heavy atom. The summed E-state index contributed by atoms with van der Waals surface area (Å²) in [6.07, 6.45) is 3.67. The lowest BCUT2D eigenvalue weighted by molar-refractivity contribution is -0.0188. The van der Waals surface area contributed by atoms with Crippen molar-refractivity contribution in [2.45, 2.75) is 39.2 Å². The quantitative estimate of drug-likeness (QED) is 0.561. The minimum Gasteiger partial charge on any atom is -0.394 e. The molecule has 80 valence electrons. The molecular formula is C10H22O3. The van der Waals surface area contributed by atoms with Gasteiger partial charge in [0.15, 0.2) is 0 Å². The second-order valence-corrected chi connectivity index (χ2v) is 3.19. The summed E-state index contributed by atoms with van der Waals surface area (Å²) >= 11 is 0. The topological polar surface area (TPSA) is 38.7 Å². The molecule has 3 nitrogen and oxygen atoms in total. The molecule has 0 radical (unpaired) electrons.